The summed E-state index contributed by atoms with van der Waals surface area (Å²) in [6, 6.07) is 13.4. The summed E-state index contributed by atoms with van der Waals surface area (Å²) in [5.74, 6) is -0.623. The van der Waals surface area contributed by atoms with E-state index < -0.39 is 23.9 Å². The van der Waals surface area contributed by atoms with Gasteiger partial charge < -0.3 is 9.73 Å². The smallest absolute Gasteiger partial charge is 0.433 e. The fourth-order valence-electron chi connectivity index (χ4n) is 3.49. The number of alkyl halides is 3. The predicted molar refractivity (Wildman–Crippen MR) is 118 cm³/mol. The summed E-state index contributed by atoms with van der Waals surface area (Å²) in [6.07, 6.45) is -2.73. The van der Waals surface area contributed by atoms with E-state index in [1.807, 2.05) is 0 Å². The average molecular weight is 486 g/mol. The second-order valence-corrected chi connectivity index (χ2v) is 8.18. The molecule has 2 aromatic carbocycles. The van der Waals surface area contributed by atoms with Crippen LogP contribution in [0.25, 0.3) is 33.8 Å². The number of aromatic nitrogens is 2. The zero-order valence-electron chi connectivity index (χ0n) is 17.1. The molecule has 1 amide bonds. The van der Waals surface area contributed by atoms with Crippen LogP contribution in [-0.2, 0) is 6.18 Å². The van der Waals surface area contributed by atoms with Crippen LogP contribution in [-0.4, -0.2) is 15.2 Å². The second kappa shape index (κ2) is 8.58. The van der Waals surface area contributed by atoms with Crippen molar-refractivity contribution >= 4 is 17.2 Å². The molecule has 4 aromatic rings. The molecule has 1 saturated heterocycles. The van der Waals surface area contributed by atoms with Gasteiger partial charge in [0.1, 0.15) is 17.7 Å². The monoisotopic (exact) mass is 486 g/mol. The Hall–Kier alpha value is -3.70. The number of hydrogen-bond donors (Lipinski definition) is 2. The zero-order chi connectivity index (χ0) is 23.9. The van der Waals surface area contributed by atoms with Crippen molar-refractivity contribution < 1.29 is 26.8 Å². The highest BCUT2D eigenvalue weighted by atomic mass is 32.2. The third kappa shape index (κ3) is 4.39. The van der Waals surface area contributed by atoms with Crippen LogP contribution in [0.3, 0.4) is 0 Å². The molecule has 0 aliphatic carbocycles. The van der Waals surface area contributed by atoms with Crippen LogP contribution in [0.2, 0.25) is 0 Å². The van der Waals surface area contributed by atoms with Crippen LogP contribution >= 0.6 is 11.9 Å². The molecular weight excluding hydrogens is 472 g/mol. The normalized spacial score (nSPS) is 16.0. The molecule has 6 nitrogen and oxygen atoms in total. The predicted octanol–water partition coefficient (Wildman–Crippen LogP) is 6.19. The molecule has 172 valence electrons. The van der Waals surface area contributed by atoms with Crippen molar-refractivity contribution in [3.05, 3.63) is 84.2 Å². The highest BCUT2D eigenvalue weighted by molar-refractivity contribution is 8.12. The van der Waals surface area contributed by atoms with Gasteiger partial charge in [0.05, 0.1) is 18.2 Å². The van der Waals surface area contributed by atoms with Crippen molar-refractivity contribution in [3.63, 3.8) is 0 Å². The molecule has 11 heteroatoms. The number of hydrogen-bond acceptors (Lipinski definition) is 6. The van der Waals surface area contributed by atoms with Crippen molar-refractivity contribution in [2.75, 3.05) is 0 Å². The molecular formula is C23H14F4N4O2S. The lowest BCUT2D eigenvalue weighted by Gasteiger charge is -2.14. The first-order chi connectivity index (χ1) is 16.3. The van der Waals surface area contributed by atoms with Crippen LogP contribution < -0.4 is 10.0 Å². The molecule has 1 aliphatic heterocycles. The number of rotatable bonds is 4. The van der Waals surface area contributed by atoms with Gasteiger partial charge in [0.25, 0.3) is 5.24 Å². The van der Waals surface area contributed by atoms with Gasteiger partial charge in [-0.25, -0.2) is 19.1 Å². The molecule has 0 radical (unpaired) electrons. The minimum atomic E-state index is -4.67. The number of carbonyl (C=O) groups is 1. The highest BCUT2D eigenvalue weighted by Gasteiger charge is 2.34. The number of halogens is 4. The van der Waals surface area contributed by atoms with E-state index in [0.29, 0.717) is 22.3 Å². The van der Waals surface area contributed by atoms with Crippen LogP contribution in [0.15, 0.2) is 71.5 Å². The Morgan fingerprint density at radius 3 is 2.44 bits per heavy atom. The van der Waals surface area contributed by atoms with Gasteiger partial charge in [-0.1, -0.05) is 24.3 Å². The lowest BCUT2D eigenvalue weighted by Crippen LogP contribution is -2.23. The molecule has 0 spiro atoms. The van der Waals surface area contributed by atoms with Crippen LogP contribution in [0.1, 0.15) is 17.4 Å². The van der Waals surface area contributed by atoms with Crippen molar-refractivity contribution in [1.82, 2.24) is 20.0 Å². The van der Waals surface area contributed by atoms with Gasteiger partial charge in [0.15, 0.2) is 5.82 Å². The van der Waals surface area contributed by atoms with E-state index in [-0.39, 0.29) is 22.3 Å². The van der Waals surface area contributed by atoms with Crippen LogP contribution in [0.4, 0.5) is 22.4 Å². The van der Waals surface area contributed by atoms with Crippen LogP contribution in [0, 0.1) is 5.82 Å². The Labute approximate surface area is 194 Å². The second-order valence-electron chi connectivity index (χ2n) is 7.37. The van der Waals surface area contributed by atoms with E-state index in [1.165, 1.54) is 24.7 Å². The maximum Gasteiger partial charge on any atom is 0.433 e. The quantitative estimate of drug-likeness (QED) is 0.265. The molecule has 5 rings (SSSR count). The first-order valence-corrected chi connectivity index (χ1v) is 10.7. The molecule has 2 N–H and O–H groups in total. The van der Waals surface area contributed by atoms with E-state index in [4.69, 9.17) is 4.42 Å². The topological polar surface area (TPSA) is 80.1 Å². The number of benzene rings is 2. The Kier molecular flexibility index (Phi) is 5.58. The maximum absolute atomic E-state index is 14.4. The zero-order valence-corrected chi connectivity index (χ0v) is 17.9. The standard InChI is InChI=1S/C23H14F4N4O2S/c24-17-5-4-13(9-16(17)21-30-22(32)34-31-21)12-2-1-3-14(8-12)20-28-18(15-6-7-33-11-15)10-19(29-20)23(25,26)27/h1-11,21,31H,(H,30,32). The van der Waals surface area contributed by atoms with Gasteiger partial charge in [-0.2, -0.15) is 13.2 Å². The molecule has 1 atom stereocenters. The maximum atomic E-state index is 14.4. The van der Waals surface area contributed by atoms with E-state index in [1.54, 1.807) is 36.4 Å². The third-order valence-corrected chi connectivity index (χ3v) is 5.78. The summed E-state index contributed by atoms with van der Waals surface area (Å²) in [4.78, 5) is 19.5. The van der Waals surface area contributed by atoms with Crippen molar-refractivity contribution in [2.45, 2.75) is 12.3 Å². The summed E-state index contributed by atoms with van der Waals surface area (Å²) in [5.41, 5.74) is 1.18. The van der Waals surface area contributed by atoms with E-state index in [2.05, 4.69) is 20.0 Å². The Morgan fingerprint density at radius 1 is 0.941 bits per heavy atom. The minimum absolute atomic E-state index is 0.0705. The van der Waals surface area contributed by atoms with E-state index >= 15 is 0 Å². The van der Waals surface area contributed by atoms with Gasteiger partial charge in [-0.15, -0.1) is 0 Å². The molecule has 1 aliphatic rings. The van der Waals surface area contributed by atoms with Crippen LogP contribution in [0.5, 0.6) is 0 Å². The largest absolute Gasteiger partial charge is 0.472 e. The summed E-state index contributed by atoms with van der Waals surface area (Å²) < 4.78 is 62.8. The lowest BCUT2D eigenvalue weighted by molar-refractivity contribution is -0.141. The fourth-order valence-corrected chi connectivity index (χ4v) is 4.08. The van der Waals surface area contributed by atoms with Crippen molar-refractivity contribution in [2.24, 2.45) is 0 Å². The van der Waals surface area contributed by atoms with Gasteiger partial charge in [-0.3, -0.25) is 4.79 Å². The van der Waals surface area contributed by atoms with E-state index in [0.717, 1.165) is 18.0 Å². The molecule has 1 unspecified atom stereocenters. The molecule has 2 aromatic heterocycles. The van der Waals surface area contributed by atoms with Gasteiger partial charge in [0, 0.05) is 28.6 Å². The van der Waals surface area contributed by atoms with Crippen molar-refractivity contribution in [3.8, 4) is 33.8 Å². The summed E-state index contributed by atoms with van der Waals surface area (Å²) in [7, 11) is 0. The number of furan rings is 1. The number of nitrogens with one attached hydrogen (secondary N) is 2. The van der Waals surface area contributed by atoms with Gasteiger partial charge in [0.2, 0.25) is 0 Å². The SMILES string of the molecule is O=C1NC(c2cc(-c3cccc(-c4nc(-c5ccoc5)cc(C(F)(F)F)n4)c3)ccc2F)NS1. The number of nitrogens with zero attached hydrogens (tertiary/aromatic N) is 2. The number of carbonyl (C=O) groups excluding carboxylic acids is 1. The third-order valence-electron chi connectivity index (χ3n) is 5.13. The molecule has 3 heterocycles. The first kappa shape index (κ1) is 22.1. The summed E-state index contributed by atoms with van der Waals surface area (Å²) in [6.45, 7) is 0. The first-order valence-electron chi connectivity index (χ1n) is 9.90. The number of amides is 1. The minimum Gasteiger partial charge on any atom is -0.472 e. The summed E-state index contributed by atoms with van der Waals surface area (Å²) >= 11 is 0.832. The average Bonchev–Trinajstić information content (AvgIpc) is 3.51. The Morgan fingerprint density at radius 2 is 1.74 bits per heavy atom. The Bertz CT molecular complexity index is 1380. The van der Waals surface area contributed by atoms with Gasteiger partial charge >= 0.3 is 6.18 Å². The lowest BCUT2D eigenvalue weighted by atomic mass is 9.99. The molecule has 0 saturated carbocycles. The van der Waals surface area contributed by atoms with Crippen molar-refractivity contribution in [1.29, 1.82) is 0 Å². The molecule has 0 bridgehead atoms. The fraction of sp³-hybridized carbons (Fsp3) is 0.0870. The molecule has 1 fully saturated rings. The Balaban J connectivity index is 1.57. The van der Waals surface area contributed by atoms with Gasteiger partial charge in [-0.05, 0) is 41.5 Å². The summed E-state index contributed by atoms with van der Waals surface area (Å²) in [5, 5.41) is 2.28. The highest BCUT2D eigenvalue weighted by Crippen LogP contribution is 2.34. The molecule has 34 heavy (non-hydrogen) atoms. The van der Waals surface area contributed by atoms with E-state index in [9.17, 15) is 22.4 Å².